The monoisotopic (exact) mass is 394 g/mol. The summed E-state index contributed by atoms with van der Waals surface area (Å²) in [6, 6.07) is 13.2. The third-order valence-corrected chi connectivity index (χ3v) is 5.31. The number of thiazole rings is 1. The first-order valence-corrected chi connectivity index (χ1v) is 9.48. The molecule has 0 radical (unpaired) electrons. The van der Waals surface area contributed by atoms with Gasteiger partial charge in [-0.2, -0.15) is 4.99 Å². The van der Waals surface area contributed by atoms with Gasteiger partial charge in [0.2, 0.25) is 0 Å². The fourth-order valence-corrected chi connectivity index (χ4v) is 3.95. The Hall–Kier alpha value is -3.10. The molecule has 1 amide bonds. The lowest BCUT2D eigenvalue weighted by Gasteiger charge is -2.05. The van der Waals surface area contributed by atoms with Crippen molar-refractivity contribution in [3.63, 3.8) is 0 Å². The maximum absolute atomic E-state index is 12.8. The Morgan fingerprint density at radius 3 is 2.79 bits per heavy atom. The summed E-state index contributed by atoms with van der Waals surface area (Å²) in [6.07, 6.45) is 1.46. The zero-order valence-electron chi connectivity index (χ0n) is 15.5. The fourth-order valence-electron chi connectivity index (χ4n) is 2.87. The van der Waals surface area contributed by atoms with E-state index < -0.39 is 5.91 Å². The van der Waals surface area contributed by atoms with Gasteiger partial charge in [0, 0.05) is 13.7 Å². The maximum Gasteiger partial charge on any atom is 0.299 e. The summed E-state index contributed by atoms with van der Waals surface area (Å²) >= 11 is 1.42. The number of hydrogen-bond donors (Lipinski definition) is 0. The molecule has 0 bridgehead atoms. The van der Waals surface area contributed by atoms with Crippen LogP contribution in [0, 0.1) is 0 Å². The molecule has 2 aromatic carbocycles. The number of rotatable bonds is 5. The van der Waals surface area contributed by atoms with Crippen molar-refractivity contribution in [2.45, 2.75) is 6.54 Å². The molecule has 0 saturated heterocycles. The normalized spacial score (nSPS) is 12.0. The summed E-state index contributed by atoms with van der Waals surface area (Å²) in [6.45, 7) is 1.09. The SMILES string of the molecule is COCCn1c(=NC(=O)c2cnc3ccccc3n2)sc2cc(OC)ccc21. The van der Waals surface area contributed by atoms with E-state index in [-0.39, 0.29) is 5.69 Å². The second kappa shape index (κ2) is 7.87. The molecule has 0 N–H and O–H groups in total. The summed E-state index contributed by atoms with van der Waals surface area (Å²) in [7, 11) is 3.27. The van der Waals surface area contributed by atoms with Gasteiger partial charge in [-0.15, -0.1) is 0 Å². The molecule has 0 fully saturated rings. The van der Waals surface area contributed by atoms with Crippen molar-refractivity contribution >= 4 is 38.5 Å². The molecule has 0 aliphatic heterocycles. The van der Waals surface area contributed by atoms with Gasteiger partial charge in [0.25, 0.3) is 5.91 Å². The van der Waals surface area contributed by atoms with Gasteiger partial charge in [-0.1, -0.05) is 23.5 Å². The summed E-state index contributed by atoms with van der Waals surface area (Å²) in [5.74, 6) is 0.328. The smallest absolute Gasteiger partial charge is 0.299 e. The highest BCUT2D eigenvalue weighted by molar-refractivity contribution is 7.16. The topological polar surface area (TPSA) is 78.6 Å². The molecule has 0 unspecified atom stereocenters. The highest BCUT2D eigenvalue weighted by Gasteiger charge is 2.12. The fraction of sp³-hybridized carbons (Fsp3) is 0.200. The minimum atomic E-state index is -0.428. The van der Waals surface area contributed by atoms with Crippen LogP contribution in [0.1, 0.15) is 10.5 Å². The molecule has 8 heteroatoms. The number of ether oxygens (including phenoxy) is 2. The van der Waals surface area contributed by atoms with E-state index in [1.165, 1.54) is 17.5 Å². The van der Waals surface area contributed by atoms with Crippen molar-refractivity contribution in [3.05, 3.63) is 59.2 Å². The number of carbonyl (C=O) groups is 1. The van der Waals surface area contributed by atoms with Crippen molar-refractivity contribution < 1.29 is 14.3 Å². The molecule has 28 heavy (non-hydrogen) atoms. The molecule has 2 heterocycles. The Bertz CT molecular complexity index is 1230. The van der Waals surface area contributed by atoms with E-state index in [0.29, 0.717) is 23.5 Å². The molecule has 0 spiro atoms. The van der Waals surface area contributed by atoms with E-state index >= 15 is 0 Å². The van der Waals surface area contributed by atoms with E-state index in [1.807, 2.05) is 47.0 Å². The van der Waals surface area contributed by atoms with Crippen LogP contribution in [-0.4, -0.2) is 41.3 Å². The Labute approximate surface area is 164 Å². The number of fused-ring (bicyclic) bond motifs is 2. The summed E-state index contributed by atoms with van der Waals surface area (Å²) in [5, 5.41) is 0. The van der Waals surface area contributed by atoms with E-state index in [0.717, 1.165) is 21.5 Å². The molecule has 0 aliphatic carbocycles. The van der Waals surface area contributed by atoms with Crippen molar-refractivity contribution in [1.82, 2.24) is 14.5 Å². The van der Waals surface area contributed by atoms with Gasteiger partial charge in [0.05, 0.1) is 41.2 Å². The Kier molecular flexibility index (Phi) is 5.14. The molecule has 142 valence electrons. The summed E-state index contributed by atoms with van der Waals surface area (Å²) < 4.78 is 13.5. The van der Waals surface area contributed by atoms with E-state index in [2.05, 4.69) is 15.0 Å². The first-order chi connectivity index (χ1) is 13.7. The van der Waals surface area contributed by atoms with Gasteiger partial charge < -0.3 is 14.0 Å². The highest BCUT2D eigenvalue weighted by Crippen LogP contribution is 2.23. The van der Waals surface area contributed by atoms with E-state index in [4.69, 9.17) is 9.47 Å². The van der Waals surface area contributed by atoms with Gasteiger partial charge in [-0.25, -0.2) is 4.98 Å². The molecular formula is C20H18N4O3S. The number of hydrogen-bond acceptors (Lipinski definition) is 6. The average molecular weight is 394 g/mol. The number of carbonyl (C=O) groups excluding carboxylic acids is 1. The number of nitrogens with zero attached hydrogens (tertiary/aromatic N) is 4. The second-order valence-corrected chi connectivity index (χ2v) is 7.03. The van der Waals surface area contributed by atoms with Crippen LogP contribution in [0.3, 0.4) is 0 Å². The molecule has 4 aromatic rings. The lowest BCUT2D eigenvalue weighted by Crippen LogP contribution is -2.19. The van der Waals surface area contributed by atoms with Gasteiger partial charge in [-0.3, -0.25) is 9.78 Å². The second-order valence-electron chi connectivity index (χ2n) is 6.02. The standard InChI is InChI=1S/C20H18N4O3S/c1-26-10-9-24-17-8-7-13(27-2)11-18(17)28-20(24)23-19(25)16-12-21-14-5-3-4-6-15(14)22-16/h3-8,11-12H,9-10H2,1-2H3. The van der Waals surface area contributed by atoms with Crippen LogP contribution in [0.15, 0.2) is 53.7 Å². The van der Waals surface area contributed by atoms with Gasteiger partial charge >= 0.3 is 0 Å². The average Bonchev–Trinajstić information content (AvgIpc) is 3.07. The summed E-state index contributed by atoms with van der Waals surface area (Å²) in [4.78, 5) is 26.3. The largest absolute Gasteiger partial charge is 0.497 e. The molecule has 2 aromatic heterocycles. The number of aromatic nitrogens is 3. The molecule has 0 saturated carbocycles. The van der Waals surface area contributed by atoms with Gasteiger partial charge in [-0.05, 0) is 30.3 Å². The third kappa shape index (κ3) is 3.51. The predicted molar refractivity (Wildman–Crippen MR) is 108 cm³/mol. The zero-order chi connectivity index (χ0) is 19.5. The van der Waals surface area contributed by atoms with Crippen molar-refractivity contribution in [1.29, 1.82) is 0 Å². The Morgan fingerprint density at radius 1 is 1.18 bits per heavy atom. The quantitative estimate of drug-likeness (QED) is 0.520. The van der Waals surface area contributed by atoms with Crippen LogP contribution in [0.2, 0.25) is 0 Å². The van der Waals surface area contributed by atoms with E-state index in [9.17, 15) is 4.79 Å². The minimum absolute atomic E-state index is 0.215. The van der Waals surface area contributed by atoms with E-state index in [1.54, 1.807) is 14.2 Å². The summed E-state index contributed by atoms with van der Waals surface area (Å²) in [5.41, 5.74) is 2.59. The third-order valence-electron chi connectivity index (χ3n) is 4.27. The first kappa shape index (κ1) is 18.3. The van der Waals surface area contributed by atoms with Crippen molar-refractivity contribution in [3.8, 4) is 5.75 Å². The molecule has 7 nitrogen and oxygen atoms in total. The minimum Gasteiger partial charge on any atom is -0.497 e. The molecule has 4 rings (SSSR count). The van der Waals surface area contributed by atoms with Crippen LogP contribution in [-0.2, 0) is 11.3 Å². The zero-order valence-corrected chi connectivity index (χ0v) is 16.3. The molecule has 0 aliphatic rings. The van der Waals surface area contributed by atoms with Crippen molar-refractivity contribution in [2.75, 3.05) is 20.8 Å². The Balaban J connectivity index is 1.80. The molecular weight excluding hydrogens is 376 g/mol. The van der Waals surface area contributed by atoms with Gasteiger partial charge in [0.15, 0.2) is 4.80 Å². The lowest BCUT2D eigenvalue weighted by atomic mass is 10.3. The number of methoxy groups -OCH3 is 2. The van der Waals surface area contributed by atoms with Crippen molar-refractivity contribution in [2.24, 2.45) is 4.99 Å². The Morgan fingerprint density at radius 2 is 2.00 bits per heavy atom. The van der Waals surface area contributed by atoms with Crippen LogP contribution < -0.4 is 9.54 Å². The van der Waals surface area contributed by atoms with Crippen LogP contribution >= 0.6 is 11.3 Å². The number of para-hydroxylation sites is 2. The number of benzene rings is 2. The predicted octanol–water partition coefficient (Wildman–Crippen LogP) is 3.04. The number of amides is 1. The first-order valence-electron chi connectivity index (χ1n) is 8.67. The van der Waals surface area contributed by atoms with Crippen LogP contribution in [0.4, 0.5) is 0 Å². The lowest BCUT2D eigenvalue weighted by molar-refractivity contribution is 0.0992. The molecule has 0 atom stereocenters. The van der Waals surface area contributed by atoms with Crippen LogP contribution in [0.25, 0.3) is 21.3 Å². The van der Waals surface area contributed by atoms with Gasteiger partial charge in [0.1, 0.15) is 11.4 Å². The van der Waals surface area contributed by atoms with Crippen LogP contribution in [0.5, 0.6) is 5.75 Å². The maximum atomic E-state index is 12.8. The highest BCUT2D eigenvalue weighted by atomic mass is 32.1.